The average Bonchev–Trinajstić information content (AvgIpc) is 3.24. The highest BCUT2D eigenvalue weighted by molar-refractivity contribution is 7.92. The van der Waals surface area contributed by atoms with Crippen LogP contribution in [0.2, 0.25) is 0 Å². The Labute approximate surface area is 173 Å². The van der Waals surface area contributed by atoms with Crippen LogP contribution >= 0.6 is 0 Å². The minimum Gasteiger partial charge on any atom is -0.352 e. The summed E-state index contributed by atoms with van der Waals surface area (Å²) in [5.74, 6) is -0.186. The Balaban J connectivity index is 1.63. The fourth-order valence-corrected chi connectivity index (χ4v) is 4.65. The third-order valence-corrected chi connectivity index (χ3v) is 7.09. The lowest BCUT2D eigenvalue weighted by atomic mass is 10.2. The number of nitrogens with one attached hydrogen (secondary N) is 1. The van der Waals surface area contributed by atoms with Crippen LogP contribution in [0.4, 0.5) is 5.69 Å². The van der Waals surface area contributed by atoms with Crippen molar-refractivity contribution in [2.45, 2.75) is 31.1 Å². The van der Waals surface area contributed by atoms with Gasteiger partial charge in [0.05, 0.1) is 10.6 Å². The number of hydrogen-bond acceptors (Lipinski definition) is 4. The molecule has 1 aliphatic rings. The van der Waals surface area contributed by atoms with Gasteiger partial charge in [0.15, 0.2) is 0 Å². The van der Waals surface area contributed by atoms with Crippen LogP contribution in [0.25, 0.3) is 0 Å². The third-order valence-electron chi connectivity index (χ3n) is 5.29. The number of amides is 1. The Bertz CT molecular complexity index is 936. The van der Waals surface area contributed by atoms with Crippen LogP contribution in [-0.2, 0) is 10.0 Å². The zero-order valence-corrected chi connectivity index (χ0v) is 17.9. The number of carbonyl (C=O) groups is 1. The van der Waals surface area contributed by atoms with E-state index in [4.69, 9.17) is 0 Å². The lowest BCUT2D eigenvalue weighted by Gasteiger charge is -2.20. The number of likely N-dealkylation sites (tertiary alicyclic amines) is 1. The molecule has 6 nitrogen and oxygen atoms in total. The first-order valence-corrected chi connectivity index (χ1v) is 11.5. The Morgan fingerprint density at radius 2 is 1.79 bits per heavy atom. The van der Waals surface area contributed by atoms with Gasteiger partial charge in [-0.25, -0.2) is 8.42 Å². The third kappa shape index (κ3) is 5.36. The van der Waals surface area contributed by atoms with Gasteiger partial charge < -0.3 is 10.2 Å². The van der Waals surface area contributed by atoms with Gasteiger partial charge in [0.1, 0.15) is 0 Å². The Kier molecular flexibility index (Phi) is 6.92. The van der Waals surface area contributed by atoms with Gasteiger partial charge in [-0.1, -0.05) is 23.8 Å². The highest BCUT2D eigenvalue weighted by atomic mass is 32.2. The van der Waals surface area contributed by atoms with Crippen LogP contribution in [0, 0.1) is 6.92 Å². The number of carbonyl (C=O) groups excluding carboxylic acids is 1. The predicted octanol–water partition coefficient (Wildman–Crippen LogP) is 3.04. The summed E-state index contributed by atoms with van der Waals surface area (Å²) in [4.78, 5) is 15.1. The molecule has 0 atom stereocenters. The van der Waals surface area contributed by atoms with Crippen molar-refractivity contribution in [3.8, 4) is 0 Å². The number of rotatable bonds is 8. The zero-order valence-electron chi connectivity index (χ0n) is 17.1. The van der Waals surface area contributed by atoms with Crippen LogP contribution < -0.4 is 9.62 Å². The van der Waals surface area contributed by atoms with E-state index in [1.54, 1.807) is 48.5 Å². The summed E-state index contributed by atoms with van der Waals surface area (Å²) in [5.41, 5.74) is 1.90. The maximum Gasteiger partial charge on any atom is 0.264 e. The fraction of sp³-hybridized carbons (Fsp3) is 0.409. The number of nitrogens with zero attached hydrogens (tertiary/aromatic N) is 2. The van der Waals surface area contributed by atoms with Gasteiger partial charge in [-0.05, 0) is 76.2 Å². The number of hydrogen-bond donors (Lipinski definition) is 1. The van der Waals surface area contributed by atoms with Crippen molar-refractivity contribution in [1.82, 2.24) is 10.2 Å². The van der Waals surface area contributed by atoms with Crippen LogP contribution in [0.3, 0.4) is 0 Å². The summed E-state index contributed by atoms with van der Waals surface area (Å²) in [6.45, 7) is 5.82. The first kappa shape index (κ1) is 21.3. The molecule has 1 N–H and O–H groups in total. The van der Waals surface area contributed by atoms with E-state index in [9.17, 15) is 13.2 Å². The molecule has 2 aromatic rings. The van der Waals surface area contributed by atoms with Crippen LogP contribution in [0.5, 0.6) is 0 Å². The quantitative estimate of drug-likeness (QED) is 0.673. The Morgan fingerprint density at radius 3 is 2.48 bits per heavy atom. The summed E-state index contributed by atoms with van der Waals surface area (Å²) < 4.78 is 27.0. The largest absolute Gasteiger partial charge is 0.352 e. The van der Waals surface area contributed by atoms with Gasteiger partial charge in [-0.3, -0.25) is 9.10 Å². The van der Waals surface area contributed by atoms with Crippen LogP contribution in [0.15, 0.2) is 53.4 Å². The molecule has 1 fully saturated rings. The number of benzene rings is 2. The summed E-state index contributed by atoms with van der Waals surface area (Å²) in [6, 6.07) is 13.4. The molecular weight excluding hydrogens is 386 g/mol. The zero-order chi connectivity index (χ0) is 20.9. The second-order valence-corrected chi connectivity index (χ2v) is 9.46. The monoisotopic (exact) mass is 415 g/mol. The first-order chi connectivity index (χ1) is 13.9. The van der Waals surface area contributed by atoms with Gasteiger partial charge in [0.25, 0.3) is 15.9 Å². The van der Waals surface area contributed by atoms with Crippen molar-refractivity contribution in [1.29, 1.82) is 0 Å². The topological polar surface area (TPSA) is 69.7 Å². The molecule has 7 heteroatoms. The fourth-order valence-electron chi connectivity index (χ4n) is 3.46. The minimum absolute atomic E-state index is 0.186. The summed E-state index contributed by atoms with van der Waals surface area (Å²) >= 11 is 0. The summed E-state index contributed by atoms with van der Waals surface area (Å²) in [6.07, 6.45) is 3.43. The van der Waals surface area contributed by atoms with Gasteiger partial charge in [0.2, 0.25) is 0 Å². The molecule has 0 aliphatic carbocycles. The average molecular weight is 416 g/mol. The molecule has 3 rings (SSSR count). The van der Waals surface area contributed by atoms with Crippen molar-refractivity contribution in [3.63, 3.8) is 0 Å². The molecule has 0 saturated carbocycles. The molecule has 1 aliphatic heterocycles. The standard InChI is InChI=1S/C22H29N3O3S/c1-18-9-11-21(12-10-18)29(27,28)24(2)20-8-5-7-19(17-20)22(26)23-13-6-16-25-14-3-4-15-25/h5,7-12,17H,3-4,6,13-16H2,1-2H3,(H,23,26). The van der Waals surface area contributed by atoms with E-state index in [2.05, 4.69) is 10.2 Å². The van der Waals surface area contributed by atoms with Crippen molar-refractivity contribution < 1.29 is 13.2 Å². The van der Waals surface area contributed by atoms with Crippen molar-refractivity contribution in [3.05, 3.63) is 59.7 Å². The molecule has 0 aromatic heterocycles. The number of anilines is 1. The van der Waals surface area contributed by atoms with Crippen molar-refractivity contribution in [2.75, 3.05) is 37.5 Å². The number of sulfonamides is 1. The molecule has 0 radical (unpaired) electrons. The molecule has 1 heterocycles. The van der Waals surface area contributed by atoms with E-state index in [0.717, 1.165) is 31.6 Å². The molecular formula is C22H29N3O3S. The SMILES string of the molecule is Cc1ccc(S(=O)(=O)N(C)c2cccc(C(=O)NCCCN3CCCC3)c2)cc1. The minimum atomic E-state index is -3.69. The van der Waals surface area contributed by atoms with Crippen LogP contribution in [-0.4, -0.2) is 52.5 Å². The molecule has 0 spiro atoms. The normalized spacial score (nSPS) is 14.7. The van der Waals surface area contributed by atoms with Gasteiger partial charge in [-0.2, -0.15) is 0 Å². The van der Waals surface area contributed by atoms with Crippen molar-refractivity contribution in [2.24, 2.45) is 0 Å². The molecule has 29 heavy (non-hydrogen) atoms. The van der Waals surface area contributed by atoms with E-state index in [0.29, 0.717) is 17.8 Å². The van der Waals surface area contributed by atoms with E-state index < -0.39 is 10.0 Å². The first-order valence-electron chi connectivity index (χ1n) is 10.0. The van der Waals surface area contributed by atoms with E-state index in [-0.39, 0.29) is 10.8 Å². The highest BCUT2D eigenvalue weighted by Crippen LogP contribution is 2.23. The van der Waals surface area contributed by atoms with Crippen LogP contribution in [0.1, 0.15) is 35.2 Å². The summed E-state index contributed by atoms with van der Waals surface area (Å²) in [5, 5.41) is 2.93. The molecule has 0 unspecified atom stereocenters. The van der Waals surface area contributed by atoms with E-state index >= 15 is 0 Å². The second kappa shape index (κ2) is 9.41. The second-order valence-electron chi connectivity index (χ2n) is 7.49. The van der Waals surface area contributed by atoms with Gasteiger partial charge in [-0.15, -0.1) is 0 Å². The molecule has 1 amide bonds. The van der Waals surface area contributed by atoms with E-state index in [1.165, 1.54) is 24.2 Å². The maximum absolute atomic E-state index is 12.9. The van der Waals surface area contributed by atoms with Gasteiger partial charge >= 0.3 is 0 Å². The molecule has 2 aromatic carbocycles. The lowest BCUT2D eigenvalue weighted by Crippen LogP contribution is -2.29. The van der Waals surface area contributed by atoms with Gasteiger partial charge in [0, 0.05) is 19.2 Å². The highest BCUT2D eigenvalue weighted by Gasteiger charge is 2.22. The summed E-state index contributed by atoms with van der Waals surface area (Å²) in [7, 11) is -2.18. The lowest BCUT2D eigenvalue weighted by molar-refractivity contribution is 0.0952. The molecule has 1 saturated heterocycles. The van der Waals surface area contributed by atoms with E-state index in [1.807, 2.05) is 6.92 Å². The maximum atomic E-state index is 12.9. The predicted molar refractivity (Wildman–Crippen MR) is 116 cm³/mol. The smallest absolute Gasteiger partial charge is 0.264 e. The number of aryl methyl sites for hydroxylation is 1. The molecule has 0 bridgehead atoms. The molecule has 156 valence electrons. The Hall–Kier alpha value is -2.38. The van der Waals surface area contributed by atoms with Crippen molar-refractivity contribution >= 4 is 21.6 Å². The Morgan fingerprint density at radius 1 is 1.10 bits per heavy atom.